The first-order chi connectivity index (χ1) is 9.66. The lowest BCUT2D eigenvalue weighted by molar-refractivity contribution is -0.384. The molecule has 104 valence electrons. The van der Waals surface area contributed by atoms with Crippen molar-refractivity contribution in [1.82, 2.24) is 5.48 Å². The van der Waals surface area contributed by atoms with Crippen molar-refractivity contribution >= 4 is 17.3 Å². The summed E-state index contributed by atoms with van der Waals surface area (Å²) >= 11 is 5.74. The molecule has 2 aromatic carbocycles. The lowest BCUT2D eigenvalue weighted by Gasteiger charge is -2.06. The molecule has 1 N–H and O–H groups in total. The van der Waals surface area contributed by atoms with Gasteiger partial charge in [0.2, 0.25) is 0 Å². The monoisotopic (exact) mass is 292 g/mol. The standard InChI is InChI=1S/C14H13ClN2O3/c15-13-7-6-12(8-14(13)17(18)19)9-16-20-10-11-4-2-1-3-5-11/h1-8,16H,9-10H2. The van der Waals surface area contributed by atoms with Gasteiger partial charge in [-0.2, -0.15) is 5.48 Å². The van der Waals surface area contributed by atoms with Gasteiger partial charge in [-0.3, -0.25) is 15.0 Å². The highest BCUT2D eigenvalue weighted by Gasteiger charge is 2.12. The van der Waals surface area contributed by atoms with Gasteiger partial charge >= 0.3 is 0 Å². The third-order valence-electron chi connectivity index (χ3n) is 2.67. The van der Waals surface area contributed by atoms with Crippen molar-refractivity contribution in [2.75, 3.05) is 0 Å². The maximum absolute atomic E-state index is 10.8. The van der Waals surface area contributed by atoms with E-state index in [0.29, 0.717) is 13.2 Å². The molecule has 0 amide bonds. The summed E-state index contributed by atoms with van der Waals surface area (Å²) in [5.41, 5.74) is 4.44. The normalized spacial score (nSPS) is 10.4. The average Bonchev–Trinajstić information content (AvgIpc) is 2.46. The van der Waals surface area contributed by atoms with E-state index >= 15 is 0 Å². The Labute approximate surface area is 121 Å². The Kier molecular flexibility index (Phi) is 5.06. The van der Waals surface area contributed by atoms with Gasteiger partial charge in [0, 0.05) is 12.6 Å². The molecule has 2 aromatic rings. The van der Waals surface area contributed by atoms with Crippen LogP contribution in [0.5, 0.6) is 0 Å². The second-order valence-corrected chi connectivity index (χ2v) is 4.55. The van der Waals surface area contributed by atoms with Gasteiger partial charge in [-0.15, -0.1) is 0 Å². The first kappa shape index (κ1) is 14.5. The Morgan fingerprint density at radius 2 is 1.90 bits per heavy atom. The van der Waals surface area contributed by atoms with Gasteiger partial charge < -0.3 is 0 Å². The third-order valence-corrected chi connectivity index (χ3v) is 2.99. The Hall–Kier alpha value is -1.95. The number of halogens is 1. The maximum atomic E-state index is 10.8. The predicted octanol–water partition coefficient (Wildman–Crippen LogP) is 3.47. The molecular weight excluding hydrogens is 280 g/mol. The zero-order chi connectivity index (χ0) is 14.4. The van der Waals surface area contributed by atoms with Crippen molar-refractivity contribution in [2.24, 2.45) is 0 Å². The molecule has 0 atom stereocenters. The Balaban J connectivity index is 1.85. The van der Waals surface area contributed by atoms with Crippen LogP contribution in [-0.4, -0.2) is 4.92 Å². The molecule has 0 aliphatic rings. The lowest BCUT2D eigenvalue weighted by atomic mass is 10.2. The van der Waals surface area contributed by atoms with Gasteiger partial charge in [-0.25, -0.2) is 0 Å². The van der Waals surface area contributed by atoms with Crippen LogP contribution in [0.1, 0.15) is 11.1 Å². The fraction of sp³-hybridized carbons (Fsp3) is 0.143. The number of hydrogen-bond donors (Lipinski definition) is 1. The van der Waals surface area contributed by atoms with Crippen LogP contribution >= 0.6 is 11.6 Å². The summed E-state index contributed by atoms with van der Waals surface area (Å²) in [7, 11) is 0. The number of nitrogens with one attached hydrogen (secondary N) is 1. The largest absolute Gasteiger partial charge is 0.297 e. The second-order valence-electron chi connectivity index (χ2n) is 4.14. The van der Waals surface area contributed by atoms with Crippen molar-refractivity contribution in [3.8, 4) is 0 Å². The number of benzene rings is 2. The number of hydroxylamine groups is 1. The van der Waals surface area contributed by atoms with Gasteiger partial charge in [0.25, 0.3) is 5.69 Å². The summed E-state index contributed by atoms with van der Waals surface area (Å²) in [5.74, 6) is 0. The predicted molar refractivity (Wildman–Crippen MR) is 76.2 cm³/mol. The van der Waals surface area contributed by atoms with E-state index in [0.717, 1.165) is 11.1 Å². The fourth-order valence-corrected chi connectivity index (χ4v) is 1.84. The first-order valence-corrected chi connectivity index (χ1v) is 6.36. The van der Waals surface area contributed by atoms with Crippen LogP contribution in [0.3, 0.4) is 0 Å². The number of hydrogen-bond acceptors (Lipinski definition) is 4. The molecule has 2 rings (SSSR count). The van der Waals surface area contributed by atoms with E-state index in [4.69, 9.17) is 16.4 Å². The zero-order valence-corrected chi connectivity index (χ0v) is 11.3. The van der Waals surface area contributed by atoms with E-state index in [9.17, 15) is 10.1 Å². The lowest BCUT2D eigenvalue weighted by Crippen LogP contribution is -2.14. The minimum absolute atomic E-state index is 0.103. The second kappa shape index (κ2) is 7.00. The Morgan fingerprint density at radius 3 is 2.60 bits per heavy atom. The van der Waals surface area contributed by atoms with E-state index in [1.165, 1.54) is 12.1 Å². The molecule has 0 aliphatic heterocycles. The molecule has 0 saturated heterocycles. The van der Waals surface area contributed by atoms with Gasteiger partial charge in [-0.05, 0) is 17.2 Å². The minimum atomic E-state index is -0.503. The van der Waals surface area contributed by atoms with E-state index < -0.39 is 4.92 Å². The number of nitro groups is 1. The topological polar surface area (TPSA) is 64.4 Å². The van der Waals surface area contributed by atoms with Gasteiger partial charge in [0.1, 0.15) is 5.02 Å². The molecule has 0 saturated carbocycles. The molecule has 0 heterocycles. The smallest absolute Gasteiger partial charge is 0.288 e. The summed E-state index contributed by atoms with van der Waals surface area (Å²) in [6.45, 7) is 0.793. The quantitative estimate of drug-likeness (QED) is 0.503. The van der Waals surface area contributed by atoms with Crippen molar-refractivity contribution in [3.63, 3.8) is 0 Å². The summed E-state index contributed by atoms with van der Waals surface area (Å²) in [6, 6.07) is 14.4. The molecular formula is C14H13ClN2O3. The van der Waals surface area contributed by atoms with E-state index in [-0.39, 0.29) is 10.7 Å². The number of nitrogens with zero attached hydrogens (tertiary/aromatic N) is 1. The molecule has 5 nitrogen and oxygen atoms in total. The SMILES string of the molecule is O=[N+]([O-])c1cc(CNOCc2ccccc2)ccc1Cl. The van der Waals surface area contributed by atoms with Crippen molar-refractivity contribution in [1.29, 1.82) is 0 Å². The van der Waals surface area contributed by atoms with Crippen LogP contribution in [0.2, 0.25) is 5.02 Å². The van der Waals surface area contributed by atoms with Crippen LogP contribution < -0.4 is 5.48 Å². The van der Waals surface area contributed by atoms with E-state index in [2.05, 4.69) is 5.48 Å². The van der Waals surface area contributed by atoms with Gasteiger partial charge in [-0.1, -0.05) is 48.0 Å². The average molecular weight is 293 g/mol. The van der Waals surface area contributed by atoms with Crippen molar-refractivity contribution in [2.45, 2.75) is 13.2 Å². The number of nitro benzene ring substituents is 1. The highest BCUT2D eigenvalue weighted by atomic mass is 35.5. The first-order valence-electron chi connectivity index (χ1n) is 5.98. The molecule has 0 fully saturated rings. The molecule has 0 radical (unpaired) electrons. The molecule has 20 heavy (non-hydrogen) atoms. The molecule has 0 aliphatic carbocycles. The zero-order valence-electron chi connectivity index (χ0n) is 10.6. The summed E-state index contributed by atoms with van der Waals surface area (Å²) < 4.78 is 0. The minimum Gasteiger partial charge on any atom is -0.297 e. The van der Waals surface area contributed by atoms with Gasteiger partial charge in [0.15, 0.2) is 0 Å². The van der Waals surface area contributed by atoms with Crippen LogP contribution in [-0.2, 0) is 18.0 Å². The fourth-order valence-electron chi connectivity index (χ4n) is 1.65. The summed E-state index contributed by atoms with van der Waals surface area (Å²) in [4.78, 5) is 15.6. The molecule has 0 aromatic heterocycles. The summed E-state index contributed by atoms with van der Waals surface area (Å²) in [6.07, 6.45) is 0. The van der Waals surface area contributed by atoms with Crippen LogP contribution in [0.4, 0.5) is 5.69 Å². The number of rotatable bonds is 6. The molecule has 0 spiro atoms. The van der Waals surface area contributed by atoms with Crippen LogP contribution in [0.15, 0.2) is 48.5 Å². The van der Waals surface area contributed by atoms with Gasteiger partial charge in [0.05, 0.1) is 11.5 Å². The molecule has 6 heteroatoms. The highest BCUT2D eigenvalue weighted by Crippen LogP contribution is 2.24. The van der Waals surface area contributed by atoms with Crippen LogP contribution in [0, 0.1) is 10.1 Å². The third kappa shape index (κ3) is 4.03. The van der Waals surface area contributed by atoms with Crippen molar-refractivity contribution in [3.05, 3.63) is 74.8 Å². The van der Waals surface area contributed by atoms with E-state index in [1.54, 1.807) is 6.07 Å². The summed E-state index contributed by atoms with van der Waals surface area (Å²) in [5, 5.41) is 10.9. The Bertz CT molecular complexity index is 590. The van der Waals surface area contributed by atoms with Crippen LogP contribution in [0.25, 0.3) is 0 Å². The van der Waals surface area contributed by atoms with E-state index in [1.807, 2.05) is 30.3 Å². The molecule has 0 bridgehead atoms. The van der Waals surface area contributed by atoms with Crippen molar-refractivity contribution < 1.29 is 9.76 Å². The highest BCUT2D eigenvalue weighted by molar-refractivity contribution is 6.32. The maximum Gasteiger partial charge on any atom is 0.288 e. The Morgan fingerprint density at radius 1 is 1.15 bits per heavy atom. The molecule has 0 unspecified atom stereocenters.